The molecule has 29 heavy (non-hydrogen) atoms. The normalized spacial score (nSPS) is 16.9. The summed E-state index contributed by atoms with van der Waals surface area (Å²) >= 11 is 1.41. The van der Waals surface area contributed by atoms with Crippen molar-refractivity contribution >= 4 is 17.2 Å². The number of rotatable bonds is 5. The van der Waals surface area contributed by atoms with Gasteiger partial charge in [-0.15, -0.1) is 10.2 Å². The van der Waals surface area contributed by atoms with Crippen molar-refractivity contribution in [2.45, 2.75) is 45.4 Å². The Morgan fingerprint density at radius 1 is 1.31 bits per heavy atom. The number of amides is 1. The maximum atomic E-state index is 14.0. The molecule has 3 aromatic rings. The molecule has 0 saturated carbocycles. The molecular weight excluding hydrogens is 391 g/mol. The van der Waals surface area contributed by atoms with E-state index in [1.54, 1.807) is 18.2 Å². The van der Waals surface area contributed by atoms with Crippen molar-refractivity contribution < 1.29 is 13.7 Å². The monoisotopic (exact) mass is 414 g/mol. The van der Waals surface area contributed by atoms with Crippen molar-refractivity contribution in [2.24, 2.45) is 0 Å². The van der Waals surface area contributed by atoms with Crippen molar-refractivity contribution in [3.8, 4) is 10.6 Å². The Morgan fingerprint density at radius 2 is 2.14 bits per heavy atom. The van der Waals surface area contributed by atoms with Gasteiger partial charge in [0.1, 0.15) is 16.6 Å². The molecule has 0 radical (unpaired) electrons. The number of piperidine rings is 1. The summed E-state index contributed by atoms with van der Waals surface area (Å²) in [4.78, 5) is 14.7. The molecule has 6 nitrogen and oxygen atoms in total. The predicted octanol–water partition coefficient (Wildman–Crippen LogP) is 4.29. The SMILES string of the molecule is Cc1noc(C)c1CCC(=O)N1CCC[C@H](c2nnc(-c3ccccc3F)s2)C1. The van der Waals surface area contributed by atoms with E-state index in [9.17, 15) is 9.18 Å². The van der Waals surface area contributed by atoms with E-state index in [0.29, 0.717) is 30.0 Å². The summed E-state index contributed by atoms with van der Waals surface area (Å²) in [7, 11) is 0. The van der Waals surface area contributed by atoms with Crippen LogP contribution in [0, 0.1) is 19.7 Å². The Kier molecular flexibility index (Phi) is 5.71. The van der Waals surface area contributed by atoms with Crippen LogP contribution in [0.3, 0.4) is 0 Å². The maximum Gasteiger partial charge on any atom is 0.222 e. The summed E-state index contributed by atoms with van der Waals surface area (Å²) in [6, 6.07) is 6.59. The highest BCUT2D eigenvalue weighted by Gasteiger charge is 2.27. The number of benzene rings is 1. The van der Waals surface area contributed by atoms with Crippen molar-refractivity contribution in [1.82, 2.24) is 20.3 Å². The fourth-order valence-electron chi connectivity index (χ4n) is 3.80. The predicted molar refractivity (Wildman–Crippen MR) is 108 cm³/mol. The smallest absolute Gasteiger partial charge is 0.222 e. The largest absolute Gasteiger partial charge is 0.361 e. The number of aromatic nitrogens is 3. The van der Waals surface area contributed by atoms with Crippen LogP contribution in [0.15, 0.2) is 28.8 Å². The number of halogens is 1. The lowest BCUT2D eigenvalue weighted by Gasteiger charge is -2.31. The van der Waals surface area contributed by atoms with Crippen molar-refractivity contribution in [2.75, 3.05) is 13.1 Å². The Morgan fingerprint density at radius 3 is 2.90 bits per heavy atom. The molecule has 0 N–H and O–H groups in total. The van der Waals surface area contributed by atoms with E-state index in [0.717, 1.165) is 41.4 Å². The second-order valence-electron chi connectivity index (χ2n) is 7.41. The van der Waals surface area contributed by atoms with Gasteiger partial charge in [0.05, 0.1) is 5.69 Å². The van der Waals surface area contributed by atoms with E-state index in [-0.39, 0.29) is 17.6 Å². The highest BCUT2D eigenvalue weighted by Crippen LogP contribution is 2.33. The van der Waals surface area contributed by atoms with Gasteiger partial charge in [-0.05, 0) is 45.2 Å². The molecule has 0 spiro atoms. The molecule has 0 bridgehead atoms. The van der Waals surface area contributed by atoms with Gasteiger partial charge in [-0.25, -0.2) is 4.39 Å². The number of hydrogen-bond acceptors (Lipinski definition) is 6. The van der Waals surface area contributed by atoms with Gasteiger partial charge < -0.3 is 9.42 Å². The van der Waals surface area contributed by atoms with Gasteiger partial charge in [-0.1, -0.05) is 28.6 Å². The van der Waals surface area contributed by atoms with Gasteiger partial charge >= 0.3 is 0 Å². The molecule has 152 valence electrons. The molecule has 0 unspecified atom stereocenters. The molecule has 2 aromatic heterocycles. The van der Waals surface area contributed by atoms with Crippen LogP contribution in [0.1, 0.15) is 47.2 Å². The third-order valence-corrected chi connectivity index (χ3v) is 6.56. The Labute approximate surface area is 172 Å². The Balaban J connectivity index is 1.41. The van der Waals surface area contributed by atoms with Crippen LogP contribution in [0.5, 0.6) is 0 Å². The summed E-state index contributed by atoms with van der Waals surface area (Å²) in [6.45, 7) is 5.16. The molecule has 1 atom stereocenters. The zero-order valence-electron chi connectivity index (χ0n) is 16.5. The van der Waals surface area contributed by atoms with Gasteiger partial charge in [0.15, 0.2) is 5.01 Å². The molecule has 1 aliphatic heterocycles. The number of nitrogens with zero attached hydrogens (tertiary/aromatic N) is 4. The summed E-state index contributed by atoms with van der Waals surface area (Å²) in [5, 5.41) is 13.9. The molecule has 8 heteroatoms. The minimum absolute atomic E-state index is 0.133. The van der Waals surface area contributed by atoms with Crippen LogP contribution in [-0.2, 0) is 11.2 Å². The summed E-state index contributed by atoms with van der Waals surface area (Å²) in [5.74, 6) is 0.759. The third-order valence-electron chi connectivity index (χ3n) is 5.44. The first-order chi connectivity index (χ1) is 14.0. The fraction of sp³-hybridized carbons (Fsp3) is 0.429. The van der Waals surface area contributed by atoms with E-state index in [1.165, 1.54) is 17.4 Å². The highest BCUT2D eigenvalue weighted by molar-refractivity contribution is 7.14. The van der Waals surface area contributed by atoms with Crippen LogP contribution in [0.25, 0.3) is 10.6 Å². The van der Waals surface area contributed by atoms with Gasteiger partial charge in [0.2, 0.25) is 5.91 Å². The van der Waals surface area contributed by atoms with Crippen molar-refractivity contribution in [3.05, 3.63) is 52.1 Å². The Hall–Kier alpha value is -2.61. The second-order valence-corrected chi connectivity index (χ2v) is 8.42. The average molecular weight is 415 g/mol. The standard InChI is InChI=1S/C21H23FN4O2S/c1-13-16(14(2)28-25-13)9-10-19(27)26-11-5-6-15(12-26)20-23-24-21(29-20)17-7-3-4-8-18(17)22/h3-4,7-8,15H,5-6,9-12H2,1-2H3/t15-/m0/s1. The third kappa shape index (κ3) is 4.22. The number of carbonyl (C=O) groups is 1. The van der Waals surface area contributed by atoms with E-state index >= 15 is 0 Å². The lowest BCUT2D eigenvalue weighted by Crippen LogP contribution is -2.39. The first-order valence-electron chi connectivity index (χ1n) is 9.80. The zero-order valence-corrected chi connectivity index (χ0v) is 17.3. The van der Waals surface area contributed by atoms with Crippen LogP contribution in [0.2, 0.25) is 0 Å². The van der Waals surface area contributed by atoms with Gasteiger partial charge in [-0.3, -0.25) is 4.79 Å². The topological polar surface area (TPSA) is 72.1 Å². The van der Waals surface area contributed by atoms with Crippen LogP contribution < -0.4 is 0 Å². The maximum absolute atomic E-state index is 14.0. The summed E-state index contributed by atoms with van der Waals surface area (Å²) < 4.78 is 19.2. The number of hydrogen-bond donors (Lipinski definition) is 0. The first kappa shape index (κ1) is 19.7. The van der Waals surface area contributed by atoms with Crippen LogP contribution in [-0.4, -0.2) is 39.3 Å². The number of likely N-dealkylation sites (tertiary alicyclic amines) is 1. The van der Waals surface area contributed by atoms with Crippen LogP contribution >= 0.6 is 11.3 Å². The molecule has 4 rings (SSSR count). The van der Waals surface area contributed by atoms with E-state index in [4.69, 9.17) is 4.52 Å². The van der Waals surface area contributed by atoms with Crippen molar-refractivity contribution in [1.29, 1.82) is 0 Å². The van der Waals surface area contributed by atoms with Gasteiger partial charge in [0, 0.05) is 36.6 Å². The molecule has 3 heterocycles. The molecule has 1 aliphatic rings. The quantitative estimate of drug-likeness (QED) is 0.623. The van der Waals surface area contributed by atoms with Gasteiger partial charge in [0.25, 0.3) is 0 Å². The molecule has 1 fully saturated rings. The number of carbonyl (C=O) groups excluding carboxylic acids is 1. The Bertz CT molecular complexity index is 996. The summed E-state index contributed by atoms with van der Waals surface area (Å²) in [5.41, 5.74) is 2.34. The molecule has 1 aromatic carbocycles. The minimum Gasteiger partial charge on any atom is -0.361 e. The molecule has 0 aliphatic carbocycles. The average Bonchev–Trinajstić information content (AvgIpc) is 3.34. The molecule has 1 saturated heterocycles. The van der Waals surface area contributed by atoms with E-state index in [2.05, 4.69) is 15.4 Å². The summed E-state index contributed by atoms with van der Waals surface area (Å²) in [6.07, 6.45) is 2.96. The zero-order chi connectivity index (χ0) is 20.4. The van der Waals surface area contributed by atoms with Gasteiger partial charge in [-0.2, -0.15) is 0 Å². The van der Waals surface area contributed by atoms with Crippen LogP contribution in [0.4, 0.5) is 4.39 Å². The molecular formula is C21H23FN4O2S. The van der Waals surface area contributed by atoms with E-state index in [1.807, 2.05) is 18.7 Å². The lowest BCUT2D eigenvalue weighted by molar-refractivity contribution is -0.132. The second kappa shape index (κ2) is 8.41. The number of aryl methyl sites for hydroxylation is 2. The molecule has 1 amide bonds. The van der Waals surface area contributed by atoms with E-state index < -0.39 is 0 Å². The minimum atomic E-state index is -0.296. The lowest BCUT2D eigenvalue weighted by atomic mass is 9.98. The highest BCUT2D eigenvalue weighted by atomic mass is 32.1. The van der Waals surface area contributed by atoms with Crippen molar-refractivity contribution in [3.63, 3.8) is 0 Å². The fourth-order valence-corrected chi connectivity index (χ4v) is 4.79. The first-order valence-corrected chi connectivity index (χ1v) is 10.6.